The lowest BCUT2D eigenvalue weighted by Gasteiger charge is -2.21. The van der Waals surface area contributed by atoms with Crippen molar-refractivity contribution in [2.24, 2.45) is 5.92 Å². The molecule has 0 bridgehead atoms. The van der Waals surface area contributed by atoms with Crippen molar-refractivity contribution in [2.45, 2.75) is 25.9 Å². The molecule has 0 heterocycles. The molecule has 15 heavy (non-hydrogen) atoms. The minimum absolute atomic E-state index is 0.00446. The van der Waals surface area contributed by atoms with Crippen LogP contribution in [0.25, 0.3) is 0 Å². The minimum atomic E-state index is -0.620. The molecule has 0 radical (unpaired) electrons. The first-order chi connectivity index (χ1) is 7.02. The van der Waals surface area contributed by atoms with E-state index < -0.39 is 22.5 Å². The molecule has 0 spiro atoms. The summed E-state index contributed by atoms with van der Waals surface area (Å²) >= 11 is 10.6. The van der Waals surface area contributed by atoms with Crippen molar-refractivity contribution in [3.63, 3.8) is 0 Å². The summed E-state index contributed by atoms with van der Waals surface area (Å²) in [5.74, 6) is -0.537. The third-order valence-electron chi connectivity index (χ3n) is 1.94. The standard InChI is InChI=1S/C9H14Cl2O4/c1-3-6(9(11)13)7(4-8(10)12)15-5-14-2/h6-7H,3-5H2,1-2H3. The van der Waals surface area contributed by atoms with Crippen LogP contribution < -0.4 is 0 Å². The van der Waals surface area contributed by atoms with Crippen LogP contribution in [0.15, 0.2) is 0 Å². The van der Waals surface area contributed by atoms with Crippen LogP contribution in [0.5, 0.6) is 0 Å². The maximum Gasteiger partial charge on any atom is 0.227 e. The maximum atomic E-state index is 11.1. The van der Waals surface area contributed by atoms with Gasteiger partial charge in [0.2, 0.25) is 10.5 Å². The third kappa shape index (κ3) is 6.10. The van der Waals surface area contributed by atoms with Crippen molar-refractivity contribution in [3.05, 3.63) is 0 Å². The molecule has 0 aromatic heterocycles. The van der Waals surface area contributed by atoms with Crippen LogP contribution in [0, 0.1) is 5.92 Å². The van der Waals surface area contributed by atoms with E-state index in [4.69, 9.17) is 32.7 Å². The van der Waals surface area contributed by atoms with Gasteiger partial charge >= 0.3 is 0 Å². The fraction of sp³-hybridized carbons (Fsp3) is 0.778. The first kappa shape index (κ1) is 14.8. The molecule has 4 nitrogen and oxygen atoms in total. The van der Waals surface area contributed by atoms with Crippen LogP contribution in [0.4, 0.5) is 0 Å². The van der Waals surface area contributed by atoms with E-state index in [1.165, 1.54) is 7.11 Å². The number of ether oxygens (including phenoxy) is 2. The second-order valence-corrected chi connectivity index (χ2v) is 3.78. The zero-order chi connectivity index (χ0) is 11.8. The van der Waals surface area contributed by atoms with Crippen molar-refractivity contribution >= 4 is 33.7 Å². The Morgan fingerprint density at radius 1 is 1.33 bits per heavy atom. The van der Waals surface area contributed by atoms with Gasteiger partial charge in [0.25, 0.3) is 0 Å². The molecule has 2 atom stereocenters. The molecule has 0 saturated carbocycles. The lowest BCUT2D eigenvalue weighted by Crippen LogP contribution is -2.30. The first-order valence-corrected chi connectivity index (χ1v) is 5.26. The van der Waals surface area contributed by atoms with Crippen LogP contribution in [-0.4, -0.2) is 30.5 Å². The van der Waals surface area contributed by atoms with Crippen molar-refractivity contribution < 1.29 is 19.1 Å². The van der Waals surface area contributed by atoms with E-state index in [0.29, 0.717) is 6.42 Å². The highest BCUT2D eigenvalue weighted by Crippen LogP contribution is 2.19. The lowest BCUT2D eigenvalue weighted by molar-refractivity contribution is -0.132. The van der Waals surface area contributed by atoms with Crippen LogP contribution >= 0.6 is 23.2 Å². The van der Waals surface area contributed by atoms with Gasteiger partial charge in [-0.05, 0) is 29.6 Å². The molecule has 0 aliphatic rings. The molecular formula is C9H14Cl2O4. The molecule has 0 N–H and O–H groups in total. The molecule has 2 unspecified atom stereocenters. The Labute approximate surface area is 98.8 Å². The van der Waals surface area contributed by atoms with Crippen molar-refractivity contribution in [1.29, 1.82) is 0 Å². The van der Waals surface area contributed by atoms with E-state index >= 15 is 0 Å². The topological polar surface area (TPSA) is 52.6 Å². The zero-order valence-electron chi connectivity index (χ0n) is 8.66. The highest BCUT2D eigenvalue weighted by molar-refractivity contribution is 6.64. The highest BCUT2D eigenvalue weighted by atomic mass is 35.5. The Morgan fingerprint density at radius 2 is 1.93 bits per heavy atom. The number of halogens is 2. The number of hydrogen-bond donors (Lipinski definition) is 0. The van der Waals surface area contributed by atoms with Gasteiger partial charge in [0.15, 0.2) is 0 Å². The molecule has 0 aromatic rings. The molecule has 0 aliphatic carbocycles. The van der Waals surface area contributed by atoms with E-state index in [1.807, 2.05) is 0 Å². The largest absolute Gasteiger partial charge is 0.359 e. The Hall–Kier alpha value is -0.160. The average Bonchev–Trinajstić information content (AvgIpc) is 2.13. The second kappa shape index (κ2) is 8.05. The monoisotopic (exact) mass is 256 g/mol. The van der Waals surface area contributed by atoms with Gasteiger partial charge in [0.1, 0.15) is 6.79 Å². The number of methoxy groups -OCH3 is 1. The molecule has 0 amide bonds. The Kier molecular flexibility index (Phi) is 7.96. The number of hydrogen-bond acceptors (Lipinski definition) is 4. The number of rotatable bonds is 8. The summed E-state index contributed by atoms with van der Waals surface area (Å²) in [6.07, 6.45) is -0.187. The second-order valence-electron chi connectivity index (χ2n) is 2.99. The maximum absolute atomic E-state index is 11.1. The summed E-state index contributed by atoms with van der Waals surface area (Å²) in [6, 6.07) is 0. The lowest BCUT2D eigenvalue weighted by atomic mass is 9.99. The Balaban J connectivity index is 4.42. The SMILES string of the molecule is CCC(C(=O)Cl)C(CC(=O)Cl)OCOC. The van der Waals surface area contributed by atoms with Crippen LogP contribution in [-0.2, 0) is 19.1 Å². The van der Waals surface area contributed by atoms with Gasteiger partial charge in [-0.1, -0.05) is 6.92 Å². The van der Waals surface area contributed by atoms with Crippen molar-refractivity contribution in [3.8, 4) is 0 Å². The van der Waals surface area contributed by atoms with Crippen LogP contribution in [0.2, 0.25) is 0 Å². The summed E-state index contributed by atoms with van der Waals surface area (Å²) in [5.41, 5.74) is 0. The van der Waals surface area contributed by atoms with Crippen molar-refractivity contribution in [1.82, 2.24) is 0 Å². The van der Waals surface area contributed by atoms with Gasteiger partial charge in [-0.2, -0.15) is 0 Å². The molecule has 0 rings (SSSR count). The number of carbonyl (C=O) groups is 2. The van der Waals surface area contributed by atoms with Gasteiger partial charge in [-0.15, -0.1) is 0 Å². The van der Waals surface area contributed by atoms with Gasteiger partial charge in [-0.3, -0.25) is 9.59 Å². The fourth-order valence-corrected chi connectivity index (χ4v) is 1.65. The average molecular weight is 257 g/mol. The molecular weight excluding hydrogens is 243 g/mol. The molecule has 0 fully saturated rings. The van der Waals surface area contributed by atoms with E-state index in [0.717, 1.165) is 0 Å². The van der Waals surface area contributed by atoms with Gasteiger partial charge in [0, 0.05) is 13.5 Å². The normalized spacial score (nSPS) is 14.7. The van der Waals surface area contributed by atoms with Gasteiger partial charge in [-0.25, -0.2) is 0 Å². The third-order valence-corrected chi connectivity index (χ3v) is 2.38. The molecule has 0 aliphatic heterocycles. The van der Waals surface area contributed by atoms with E-state index in [9.17, 15) is 9.59 Å². The van der Waals surface area contributed by atoms with Gasteiger partial charge < -0.3 is 9.47 Å². The van der Waals surface area contributed by atoms with E-state index in [2.05, 4.69) is 0 Å². The summed E-state index contributed by atoms with van der Waals surface area (Å²) < 4.78 is 9.88. The van der Waals surface area contributed by atoms with E-state index in [-0.39, 0.29) is 13.2 Å². The summed E-state index contributed by atoms with van der Waals surface area (Å²) in [6.45, 7) is 1.78. The van der Waals surface area contributed by atoms with Crippen molar-refractivity contribution in [2.75, 3.05) is 13.9 Å². The molecule has 6 heteroatoms. The van der Waals surface area contributed by atoms with Gasteiger partial charge in [0.05, 0.1) is 12.0 Å². The smallest absolute Gasteiger partial charge is 0.227 e. The zero-order valence-corrected chi connectivity index (χ0v) is 10.2. The Morgan fingerprint density at radius 3 is 2.27 bits per heavy atom. The fourth-order valence-electron chi connectivity index (χ4n) is 1.20. The molecule has 88 valence electrons. The Bertz CT molecular complexity index is 220. The molecule has 0 aromatic carbocycles. The number of carbonyl (C=O) groups excluding carboxylic acids is 2. The van der Waals surface area contributed by atoms with Crippen LogP contribution in [0.3, 0.4) is 0 Å². The van der Waals surface area contributed by atoms with E-state index in [1.54, 1.807) is 6.92 Å². The predicted octanol–water partition coefficient (Wildman–Crippen LogP) is 1.92. The quantitative estimate of drug-likeness (QED) is 0.492. The van der Waals surface area contributed by atoms with Crippen LogP contribution in [0.1, 0.15) is 19.8 Å². The highest BCUT2D eigenvalue weighted by Gasteiger charge is 2.28. The summed E-state index contributed by atoms with van der Waals surface area (Å²) in [7, 11) is 1.45. The molecule has 0 saturated heterocycles. The summed E-state index contributed by atoms with van der Waals surface area (Å²) in [5, 5.41) is -1.09. The first-order valence-electron chi connectivity index (χ1n) is 4.51. The minimum Gasteiger partial charge on any atom is -0.359 e. The summed E-state index contributed by atoms with van der Waals surface area (Å²) in [4.78, 5) is 21.8. The predicted molar refractivity (Wildman–Crippen MR) is 56.9 cm³/mol.